The minimum atomic E-state index is 0.615. The molecule has 0 aromatic carbocycles. The maximum Gasteiger partial charge on any atom is 0.128 e. The first kappa shape index (κ1) is 18.4. The second-order valence-electron chi connectivity index (χ2n) is 6.63. The first-order valence-corrected chi connectivity index (χ1v) is 8.67. The predicted molar refractivity (Wildman–Crippen MR) is 99.9 cm³/mol. The van der Waals surface area contributed by atoms with Gasteiger partial charge in [0.25, 0.3) is 0 Å². The number of hydrogen-bond donors (Lipinski definition) is 2. The van der Waals surface area contributed by atoms with E-state index in [4.69, 9.17) is 5.73 Å². The first-order valence-electron chi connectivity index (χ1n) is 8.67. The maximum atomic E-state index is 5.62. The molecule has 0 saturated heterocycles. The van der Waals surface area contributed by atoms with E-state index in [1.807, 2.05) is 12.4 Å². The van der Waals surface area contributed by atoms with E-state index >= 15 is 0 Å². The average molecular weight is 330 g/mol. The molecule has 0 amide bonds. The molecule has 0 aliphatic carbocycles. The summed E-state index contributed by atoms with van der Waals surface area (Å²) in [5.74, 6) is 1.64. The molecule has 0 spiro atoms. The summed E-state index contributed by atoms with van der Waals surface area (Å²) < 4.78 is 0. The highest BCUT2D eigenvalue weighted by molar-refractivity contribution is 5.63. The lowest BCUT2D eigenvalue weighted by atomic mass is 10.1. The Morgan fingerprint density at radius 3 is 2.62 bits per heavy atom. The Bertz CT molecular complexity index is 604. The lowest BCUT2D eigenvalue weighted by molar-refractivity contribution is 0.337. The number of anilines is 1. The molecule has 0 aliphatic rings. The lowest BCUT2D eigenvalue weighted by Gasteiger charge is -2.24. The van der Waals surface area contributed by atoms with Crippen molar-refractivity contribution in [1.82, 2.24) is 20.1 Å². The number of aromatic nitrogens is 3. The molecule has 24 heavy (non-hydrogen) atoms. The van der Waals surface area contributed by atoms with E-state index in [-0.39, 0.29) is 0 Å². The summed E-state index contributed by atoms with van der Waals surface area (Å²) in [6, 6.07) is 4.21. The van der Waals surface area contributed by atoms with E-state index in [1.54, 1.807) is 0 Å². The second-order valence-corrected chi connectivity index (χ2v) is 6.63. The Labute approximate surface area is 145 Å². The van der Waals surface area contributed by atoms with Crippen molar-refractivity contribution in [3.8, 4) is 11.3 Å². The number of hydrogen-bond acceptors (Lipinski definition) is 5. The summed E-state index contributed by atoms with van der Waals surface area (Å²) in [6.45, 7) is 10.9. The molecule has 2 heterocycles. The van der Waals surface area contributed by atoms with Crippen LogP contribution in [0.1, 0.15) is 26.3 Å². The predicted octanol–water partition coefficient (Wildman–Crippen LogP) is 2.34. The molecule has 6 nitrogen and oxygen atoms in total. The minimum Gasteiger partial charge on any atom is -0.357 e. The van der Waals surface area contributed by atoms with E-state index in [1.165, 1.54) is 0 Å². The normalized spacial score (nSPS) is 11.5. The fraction of sp³-hybridized carbons (Fsp3) is 0.556. The lowest BCUT2D eigenvalue weighted by Crippen LogP contribution is -2.27. The van der Waals surface area contributed by atoms with Crippen LogP contribution in [-0.2, 0) is 6.54 Å². The quantitative estimate of drug-likeness (QED) is 0.738. The summed E-state index contributed by atoms with van der Waals surface area (Å²) in [7, 11) is 2.07. The number of nitrogens with zero attached hydrogens (tertiary/aromatic N) is 4. The average Bonchev–Trinajstić information content (AvgIpc) is 3.01. The molecule has 0 unspecified atom stereocenters. The molecule has 0 atom stereocenters. The maximum absolute atomic E-state index is 5.62. The van der Waals surface area contributed by atoms with Crippen LogP contribution < -0.4 is 10.6 Å². The molecule has 0 radical (unpaired) electrons. The summed E-state index contributed by atoms with van der Waals surface area (Å²) in [6.07, 6.45) is 3.81. The van der Waals surface area contributed by atoms with Crippen LogP contribution in [0.15, 0.2) is 24.5 Å². The van der Waals surface area contributed by atoms with Crippen molar-refractivity contribution in [2.24, 2.45) is 11.7 Å². The minimum absolute atomic E-state index is 0.615. The number of nitrogens with one attached hydrogen (secondary N) is 1. The van der Waals surface area contributed by atoms with Crippen molar-refractivity contribution >= 4 is 5.82 Å². The Morgan fingerprint density at radius 1 is 1.25 bits per heavy atom. The zero-order chi connectivity index (χ0) is 17.5. The number of rotatable bonds is 9. The third kappa shape index (κ3) is 4.79. The zero-order valence-corrected chi connectivity index (χ0v) is 15.3. The van der Waals surface area contributed by atoms with Crippen molar-refractivity contribution in [1.29, 1.82) is 0 Å². The van der Waals surface area contributed by atoms with Gasteiger partial charge in [0.2, 0.25) is 0 Å². The van der Waals surface area contributed by atoms with Gasteiger partial charge in [0.05, 0.1) is 11.9 Å². The molecule has 2 rings (SSSR count). The Kier molecular flexibility index (Phi) is 6.75. The zero-order valence-electron chi connectivity index (χ0n) is 15.3. The molecule has 2 aromatic rings. The van der Waals surface area contributed by atoms with Crippen molar-refractivity contribution in [3.63, 3.8) is 0 Å². The monoisotopic (exact) mass is 330 g/mol. The van der Waals surface area contributed by atoms with Crippen LogP contribution in [0.4, 0.5) is 5.82 Å². The molecule has 2 aromatic heterocycles. The molecule has 0 bridgehead atoms. The molecule has 132 valence electrons. The van der Waals surface area contributed by atoms with Gasteiger partial charge in [-0.3, -0.25) is 5.10 Å². The van der Waals surface area contributed by atoms with Crippen LogP contribution >= 0.6 is 0 Å². The molecule has 0 fully saturated rings. The topological polar surface area (TPSA) is 74.1 Å². The van der Waals surface area contributed by atoms with Gasteiger partial charge in [-0.15, -0.1) is 0 Å². The molecular formula is C18H30N6. The Hall–Kier alpha value is -1.92. The third-order valence-corrected chi connectivity index (χ3v) is 4.00. The molecule has 6 heteroatoms. The van der Waals surface area contributed by atoms with E-state index in [0.29, 0.717) is 12.5 Å². The Balaban J connectivity index is 2.15. The highest BCUT2D eigenvalue weighted by atomic mass is 15.2. The highest BCUT2D eigenvalue weighted by Gasteiger charge is 2.12. The molecule has 0 saturated carbocycles. The van der Waals surface area contributed by atoms with Crippen LogP contribution in [0.25, 0.3) is 11.3 Å². The van der Waals surface area contributed by atoms with Gasteiger partial charge < -0.3 is 15.5 Å². The van der Waals surface area contributed by atoms with Gasteiger partial charge in [0.1, 0.15) is 5.82 Å². The third-order valence-electron chi connectivity index (χ3n) is 4.00. The summed E-state index contributed by atoms with van der Waals surface area (Å²) >= 11 is 0. The van der Waals surface area contributed by atoms with Gasteiger partial charge in [-0.1, -0.05) is 13.8 Å². The molecular weight excluding hydrogens is 300 g/mol. The molecule has 0 aliphatic heterocycles. The smallest absolute Gasteiger partial charge is 0.128 e. The fourth-order valence-electron chi connectivity index (χ4n) is 2.82. The van der Waals surface area contributed by atoms with Crippen LogP contribution in [0.5, 0.6) is 0 Å². The Morgan fingerprint density at radius 2 is 2.04 bits per heavy atom. The van der Waals surface area contributed by atoms with Crippen molar-refractivity contribution in [2.45, 2.75) is 27.3 Å². The van der Waals surface area contributed by atoms with E-state index in [2.05, 4.69) is 64.9 Å². The van der Waals surface area contributed by atoms with E-state index in [9.17, 15) is 0 Å². The van der Waals surface area contributed by atoms with Gasteiger partial charge in [-0.25, -0.2) is 4.98 Å². The van der Waals surface area contributed by atoms with E-state index < -0.39 is 0 Å². The summed E-state index contributed by atoms with van der Waals surface area (Å²) in [5.41, 5.74) is 8.88. The number of aromatic amines is 1. The van der Waals surface area contributed by atoms with Crippen LogP contribution in [0.3, 0.4) is 0 Å². The van der Waals surface area contributed by atoms with Crippen molar-refractivity contribution in [2.75, 3.05) is 38.1 Å². The number of H-pyrrole nitrogens is 1. The second kappa shape index (κ2) is 8.80. The van der Waals surface area contributed by atoms with Crippen molar-refractivity contribution < 1.29 is 0 Å². The summed E-state index contributed by atoms with van der Waals surface area (Å²) in [4.78, 5) is 9.16. The standard InChI is InChI=1S/C18H30N6/c1-5-24(12-14(2)3)17-7-6-15(10-20-17)18-16(11-21-22-18)13-23(4)9-8-19/h6-7,10-11,14H,5,8-9,12-13,19H2,1-4H3,(H,21,22). The molecule has 3 N–H and O–H groups in total. The van der Waals surface area contributed by atoms with Crippen LogP contribution in [-0.4, -0.2) is 53.3 Å². The van der Waals surface area contributed by atoms with Crippen molar-refractivity contribution in [3.05, 3.63) is 30.1 Å². The van der Waals surface area contributed by atoms with Crippen LogP contribution in [0, 0.1) is 5.92 Å². The number of likely N-dealkylation sites (N-methyl/N-ethyl adjacent to an activating group) is 1. The van der Waals surface area contributed by atoms with Gasteiger partial charge >= 0.3 is 0 Å². The van der Waals surface area contributed by atoms with Crippen LogP contribution in [0.2, 0.25) is 0 Å². The largest absolute Gasteiger partial charge is 0.357 e. The number of nitrogens with two attached hydrogens (primary N) is 1. The number of pyridine rings is 1. The van der Waals surface area contributed by atoms with Gasteiger partial charge in [-0.05, 0) is 32.0 Å². The fourth-order valence-corrected chi connectivity index (χ4v) is 2.82. The highest BCUT2D eigenvalue weighted by Crippen LogP contribution is 2.23. The first-order chi connectivity index (χ1) is 11.5. The summed E-state index contributed by atoms with van der Waals surface area (Å²) in [5, 5.41) is 7.31. The SMILES string of the molecule is CCN(CC(C)C)c1ccc(-c2[nH]ncc2CN(C)CCN)cn1. The van der Waals surface area contributed by atoms with Gasteiger partial charge in [-0.2, -0.15) is 5.10 Å². The van der Waals surface area contributed by atoms with Gasteiger partial charge in [0, 0.05) is 50.0 Å². The van der Waals surface area contributed by atoms with Gasteiger partial charge in [0.15, 0.2) is 0 Å². The van der Waals surface area contributed by atoms with E-state index in [0.717, 1.165) is 48.8 Å².